The highest BCUT2D eigenvalue weighted by Gasteiger charge is 2.36. The van der Waals surface area contributed by atoms with Crippen molar-refractivity contribution in [3.05, 3.63) is 18.2 Å². The Morgan fingerprint density at radius 3 is 1.51 bits per heavy atom. The molecule has 0 aliphatic rings. The van der Waals surface area contributed by atoms with Crippen molar-refractivity contribution in [2.45, 2.75) is 148 Å². The zero-order valence-corrected chi connectivity index (χ0v) is 42.9. The maximum absolute atomic E-state index is 13.8. The van der Waals surface area contributed by atoms with Crippen LogP contribution in [0.1, 0.15) is 93.2 Å². The minimum Gasteiger partial charge on any atom is -0.481 e. The highest BCUT2D eigenvalue weighted by atomic mass is 16.4. The van der Waals surface area contributed by atoms with Crippen molar-refractivity contribution < 1.29 is 62.6 Å². The van der Waals surface area contributed by atoms with Crippen molar-refractivity contribution in [2.24, 2.45) is 51.4 Å². The largest absolute Gasteiger partial charge is 0.481 e. The quantitative estimate of drug-likeness (QED) is 0.0177. The van der Waals surface area contributed by atoms with E-state index in [4.69, 9.17) is 28.7 Å². The average Bonchev–Trinajstić information content (AvgIpc) is 3.81. The van der Waals surface area contributed by atoms with Gasteiger partial charge in [-0.2, -0.15) is 0 Å². The summed E-state index contributed by atoms with van der Waals surface area (Å²) in [6.45, 7) is 11.8. The summed E-state index contributed by atoms with van der Waals surface area (Å²) in [5.74, 6) is -13.3. The molecule has 0 aliphatic heterocycles. The summed E-state index contributed by atoms with van der Waals surface area (Å²) in [7, 11) is 0. The lowest BCUT2D eigenvalue weighted by Gasteiger charge is -2.28. The number of nitrogens with two attached hydrogens (primary N) is 5. The lowest BCUT2D eigenvalue weighted by Crippen LogP contribution is -2.61. The molecule has 1 aromatic rings. The summed E-state index contributed by atoms with van der Waals surface area (Å²) in [4.78, 5) is 166. The molecule has 0 saturated heterocycles. The predicted molar refractivity (Wildman–Crippen MR) is 264 cm³/mol. The number of guanidine groups is 1. The third-order valence-corrected chi connectivity index (χ3v) is 10.7. The Morgan fingerprint density at radius 1 is 0.581 bits per heavy atom. The second kappa shape index (κ2) is 31.5. The van der Waals surface area contributed by atoms with Crippen LogP contribution < -0.4 is 76.5 Å². The van der Waals surface area contributed by atoms with Gasteiger partial charge in [0, 0.05) is 24.9 Å². The first kappa shape index (κ1) is 64.1. The van der Waals surface area contributed by atoms with Crippen LogP contribution >= 0.6 is 0 Å². The zero-order chi connectivity index (χ0) is 56.6. The number of aromatic amines is 1. The van der Waals surface area contributed by atoms with Crippen LogP contribution in [-0.2, 0) is 64.0 Å². The minimum atomic E-state index is -1.85. The van der Waals surface area contributed by atoms with Gasteiger partial charge < -0.3 is 86.6 Å². The van der Waals surface area contributed by atoms with Crippen LogP contribution in [0.5, 0.6) is 0 Å². The van der Waals surface area contributed by atoms with Gasteiger partial charge in [-0.05, 0) is 50.9 Å². The van der Waals surface area contributed by atoms with Crippen LogP contribution in [0.2, 0.25) is 0 Å². The lowest BCUT2D eigenvalue weighted by atomic mass is 10.0. The lowest BCUT2D eigenvalue weighted by molar-refractivity contribution is -0.142. The van der Waals surface area contributed by atoms with Gasteiger partial charge in [-0.1, -0.05) is 41.5 Å². The molecule has 0 radical (unpaired) electrons. The van der Waals surface area contributed by atoms with Crippen LogP contribution in [0, 0.1) is 17.8 Å². The van der Waals surface area contributed by atoms with Crippen LogP contribution in [0.25, 0.3) is 0 Å². The summed E-state index contributed by atoms with van der Waals surface area (Å²) in [6.07, 6.45) is 1.45. The van der Waals surface area contributed by atoms with E-state index in [1.807, 2.05) is 13.8 Å². The number of primary amides is 2. The SMILES string of the molecule is CC(C)CC(N)C(=O)NC(CCCN=C(N)N)C(=O)NC(C)C(=O)NC(Cc1cnc[nH]1)C(=O)NC(C)C(=O)NC(C(=O)NC(CC(=O)O)C(=O)NC(C(=O)NC(CC(N)=O)C(=O)NCC(N)=O)C(C)C)C(C)C. The summed E-state index contributed by atoms with van der Waals surface area (Å²) < 4.78 is 0. The van der Waals surface area contributed by atoms with E-state index < -0.39 is 157 Å². The smallest absolute Gasteiger partial charge is 0.305 e. The summed E-state index contributed by atoms with van der Waals surface area (Å²) in [5, 5.41) is 31.3. The number of nitrogens with zero attached hydrogens (tertiary/aromatic N) is 2. The van der Waals surface area contributed by atoms with Gasteiger partial charge in [0.15, 0.2) is 5.96 Å². The fourth-order valence-electron chi connectivity index (χ4n) is 6.76. The van der Waals surface area contributed by atoms with E-state index >= 15 is 0 Å². The van der Waals surface area contributed by atoms with Gasteiger partial charge in [-0.25, -0.2) is 4.98 Å². The Hall–Kier alpha value is -7.92. The van der Waals surface area contributed by atoms with Gasteiger partial charge >= 0.3 is 5.97 Å². The Morgan fingerprint density at radius 2 is 1.05 bits per heavy atom. The Balaban J connectivity index is 3.24. The minimum absolute atomic E-state index is 0.0626. The number of carbonyl (C=O) groups is 12. The molecule has 74 heavy (non-hydrogen) atoms. The molecule has 11 amide bonds. The van der Waals surface area contributed by atoms with E-state index in [0.29, 0.717) is 12.1 Å². The Labute approximate surface area is 427 Å². The molecule has 1 aromatic heterocycles. The van der Waals surface area contributed by atoms with Crippen LogP contribution in [0.15, 0.2) is 17.5 Å². The number of carboxylic acids is 1. The molecule has 0 saturated carbocycles. The van der Waals surface area contributed by atoms with Crippen molar-refractivity contribution >= 4 is 76.9 Å². The monoisotopic (exact) mass is 1050 g/mol. The van der Waals surface area contributed by atoms with Crippen molar-refractivity contribution in [1.29, 1.82) is 0 Å². The molecule has 1 rings (SSSR count). The number of aromatic nitrogens is 2. The number of hydrogen-bond donors (Lipinski definition) is 16. The number of rotatable bonds is 33. The number of carbonyl (C=O) groups excluding carboxylic acids is 11. The predicted octanol–water partition coefficient (Wildman–Crippen LogP) is -6.44. The van der Waals surface area contributed by atoms with E-state index in [0.717, 1.165) is 0 Å². The molecule has 9 atom stereocenters. The van der Waals surface area contributed by atoms with Gasteiger partial charge in [-0.3, -0.25) is 62.5 Å². The molecule has 9 unspecified atom stereocenters. The molecule has 1 heterocycles. The maximum Gasteiger partial charge on any atom is 0.305 e. The molecule has 414 valence electrons. The molecule has 0 aromatic carbocycles. The van der Waals surface area contributed by atoms with Gasteiger partial charge in [0.2, 0.25) is 65.0 Å². The molecular formula is C44H75N17O13. The van der Waals surface area contributed by atoms with Gasteiger partial charge in [0.05, 0.1) is 31.8 Å². The second-order valence-electron chi connectivity index (χ2n) is 18.6. The molecule has 30 nitrogen and oxygen atoms in total. The maximum atomic E-state index is 13.8. The third kappa shape index (κ3) is 24.0. The number of imidazole rings is 1. The topological polar surface area (TPSA) is 504 Å². The number of aliphatic carboxylic acids is 1. The van der Waals surface area contributed by atoms with Gasteiger partial charge in [0.1, 0.15) is 48.3 Å². The van der Waals surface area contributed by atoms with Crippen LogP contribution in [-0.4, -0.2) is 159 Å². The van der Waals surface area contributed by atoms with Gasteiger partial charge in [0.25, 0.3) is 0 Å². The summed E-state index contributed by atoms with van der Waals surface area (Å²) in [5.41, 5.74) is 27.5. The molecule has 0 bridgehead atoms. The fraction of sp³-hybridized carbons (Fsp3) is 0.636. The number of aliphatic imine (C=N–C) groups is 1. The van der Waals surface area contributed by atoms with Gasteiger partial charge in [-0.15, -0.1) is 0 Å². The molecule has 0 fully saturated rings. The third-order valence-electron chi connectivity index (χ3n) is 10.7. The molecule has 30 heteroatoms. The number of nitrogens with one attached hydrogen (secondary N) is 10. The molecule has 0 spiro atoms. The van der Waals surface area contributed by atoms with Crippen molar-refractivity contribution in [1.82, 2.24) is 57.8 Å². The molecule has 21 N–H and O–H groups in total. The van der Waals surface area contributed by atoms with E-state index in [-0.39, 0.29) is 37.7 Å². The molecular weight excluding hydrogens is 975 g/mol. The number of H-pyrrole nitrogens is 1. The van der Waals surface area contributed by atoms with E-state index in [1.165, 1.54) is 54.1 Å². The standard InChI is InChI=1S/C44H75N17O13/c1-19(2)12-25(45)37(68)56-26(10-9-11-51-44(48)49)39(70)54-22(7)35(66)57-27(13-24-16-50-18-53-24)40(71)55-23(8)36(67)60-33(20(3)4)42(73)59-29(15-32(64)65)41(72)61-34(21(5)6)43(74)58-28(14-30(46)62)38(69)52-17-31(47)63/h16,18-23,25-29,33-34H,9-15,17,45H2,1-8H3,(H2,46,62)(H2,47,63)(H,50,53)(H,52,69)(H,54,70)(H,55,71)(H,56,68)(H,57,66)(H,58,74)(H,59,73)(H,60,67)(H,61,72)(H,64,65)(H4,48,49,51). The fourth-order valence-corrected chi connectivity index (χ4v) is 6.76. The average molecular weight is 1050 g/mol. The summed E-state index contributed by atoms with van der Waals surface area (Å²) >= 11 is 0. The first-order valence-electron chi connectivity index (χ1n) is 23.7. The van der Waals surface area contributed by atoms with Crippen molar-refractivity contribution in [2.75, 3.05) is 13.1 Å². The number of hydrogen-bond acceptors (Lipinski definition) is 15. The second-order valence-corrected chi connectivity index (χ2v) is 18.6. The first-order chi connectivity index (χ1) is 34.4. The first-order valence-corrected chi connectivity index (χ1v) is 23.7. The number of carboxylic acid groups (broad SMARTS) is 1. The van der Waals surface area contributed by atoms with E-state index in [9.17, 15) is 62.6 Å². The zero-order valence-electron chi connectivity index (χ0n) is 42.9. The van der Waals surface area contributed by atoms with E-state index in [1.54, 1.807) is 0 Å². The number of amides is 11. The Bertz CT molecular complexity index is 2170. The van der Waals surface area contributed by atoms with Crippen molar-refractivity contribution in [3.63, 3.8) is 0 Å². The van der Waals surface area contributed by atoms with E-state index in [2.05, 4.69) is 62.8 Å². The van der Waals surface area contributed by atoms with Crippen molar-refractivity contribution in [3.8, 4) is 0 Å². The highest BCUT2D eigenvalue weighted by Crippen LogP contribution is 2.10. The Kier molecular flexibility index (Phi) is 27.3. The normalized spacial score (nSPS) is 14.7. The van der Waals surface area contributed by atoms with Crippen LogP contribution in [0.4, 0.5) is 0 Å². The highest BCUT2D eigenvalue weighted by molar-refractivity contribution is 5.99. The molecule has 0 aliphatic carbocycles. The summed E-state index contributed by atoms with van der Waals surface area (Å²) in [6, 6.07) is -12.6. The van der Waals surface area contributed by atoms with Crippen LogP contribution in [0.3, 0.4) is 0 Å².